The van der Waals surface area contributed by atoms with E-state index >= 15 is 0 Å². The lowest BCUT2D eigenvalue weighted by Gasteiger charge is -2.11. The maximum atomic E-state index is 12.1. The van der Waals surface area contributed by atoms with Crippen LogP contribution in [0.5, 0.6) is 0 Å². The van der Waals surface area contributed by atoms with Gasteiger partial charge in [0.25, 0.3) is 5.91 Å². The van der Waals surface area contributed by atoms with Gasteiger partial charge < -0.3 is 10.3 Å². The Labute approximate surface area is 134 Å². The fraction of sp³-hybridized carbons (Fsp3) is 0.200. The second-order valence-corrected chi connectivity index (χ2v) is 7.28. The van der Waals surface area contributed by atoms with Crippen LogP contribution in [0.3, 0.4) is 0 Å². The number of anilines is 1. The Morgan fingerprint density at radius 3 is 2.22 bits per heavy atom. The van der Waals surface area contributed by atoms with Crippen LogP contribution in [0.25, 0.3) is 0 Å². The molecule has 0 aliphatic rings. The monoisotopic (exact) mass is 335 g/mol. The Morgan fingerprint density at radius 2 is 1.74 bits per heavy atom. The zero-order valence-corrected chi connectivity index (χ0v) is 13.8. The number of amides is 1. The molecule has 0 aliphatic carbocycles. The SMILES string of the molecule is CC(=O)c1c[nH]c(C(=O)Nc2ccc(S(=O)(=O)N(C)C)cc2)c1. The summed E-state index contributed by atoms with van der Waals surface area (Å²) in [6, 6.07) is 7.30. The Morgan fingerprint density at radius 1 is 1.13 bits per heavy atom. The highest BCUT2D eigenvalue weighted by atomic mass is 32.2. The van der Waals surface area contributed by atoms with Crippen LogP contribution in [0.1, 0.15) is 27.8 Å². The lowest BCUT2D eigenvalue weighted by atomic mass is 10.2. The quantitative estimate of drug-likeness (QED) is 0.813. The van der Waals surface area contributed by atoms with Crippen LogP contribution >= 0.6 is 0 Å². The minimum Gasteiger partial charge on any atom is -0.356 e. The first-order chi connectivity index (χ1) is 10.7. The van der Waals surface area contributed by atoms with Gasteiger partial charge in [-0.25, -0.2) is 12.7 Å². The van der Waals surface area contributed by atoms with Gasteiger partial charge in [0.1, 0.15) is 5.69 Å². The number of Topliss-reactive ketones (excluding diaryl/α,β-unsaturated/α-hetero) is 1. The molecule has 122 valence electrons. The van der Waals surface area contributed by atoms with Crippen molar-refractivity contribution in [2.45, 2.75) is 11.8 Å². The maximum Gasteiger partial charge on any atom is 0.272 e. The van der Waals surface area contributed by atoms with Gasteiger partial charge in [0.15, 0.2) is 5.78 Å². The van der Waals surface area contributed by atoms with Crippen molar-refractivity contribution < 1.29 is 18.0 Å². The number of aromatic nitrogens is 1. The molecule has 0 saturated carbocycles. The summed E-state index contributed by atoms with van der Waals surface area (Å²) in [6.07, 6.45) is 1.46. The molecular formula is C15H17N3O4S. The van der Waals surface area contributed by atoms with Gasteiger partial charge in [-0.1, -0.05) is 0 Å². The highest BCUT2D eigenvalue weighted by Crippen LogP contribution is 2.17. The van der Waals surface area contributed by atoms with Crippen LogP contribution in [-0.2, 0) is 10.0 Å². The molecule has 0 spiro atoms. The van der Waals surface area contributed by atoms with Crippen LogP contribution in [0.4, 0.5) is 5.69 Å². The minimum absolute atomic E-state index is 0.138. The summed E-state index contributed by atoms with van der Waals surface area (Å²) in [4.78, 5) is 26.1. The fourth-order valence-corrected chi connectivity index (χ4v) is 2.75. The number of benzene rings is 1. The molecule has 2 N–H and O–H groups in total. The van der Waals surface area contributed by atoms with Gasteiger partial charge in [-0.2, -0.15) is 0 Å². The van der Waals surface area contributed by atoms with Crippen molar-refractivity contribution in [3.05, 3.63) is 47.8 Å². The van der Waals surface area contributed by atoms with E-state index in [0.29, 0.717) is 11.3 Å². The molecule has 0 aliphatic heterocycles. The van der Waals surface area contributed by atoms with Crippen molar-refractivity contribution in [1.82, 2.24) is 9.29 Å². The lowest BCUT2D eigenvalue weighted by molar-refractivity contribution is 0.101. The summed E-state index contributed by atoms with van der Waals surface area (Å²) in [6.45, 7) is 1.41. The van der Waals surface area contributed by atoms with E-state index in [-0.39, 0.29) is 16.4 Å². The number of carbonyl (C=O) groups excluding carboxylic acids is 2. The molecule has 1 heterocycles. The normalized spacial score (nSPS) is 11.5. The third-order valence-electron chi connectivity index (χ3n) is 3.22. The molecule has 0 unspecified atom stereocenters. The molecule has 8 heteroatoms. The van der Waals surface area contributed by atoms with Gasteiger partial charge in [-0.05, 0) is 37.3 Å². The van der Waals surface area contributed by atoms with Crippen molar-refractivity contribution in [3.63, 3.8) is 0 Å². The predicted octanol–water partition coefficient (Wildman–Crippen LogP) is 1.72. The second-order valence-electron chi connectivity index (χ2n) is 5.12. The van der Waals surface area contributed by atoms with Crippen LogP contribution in [0, 0.1) is 0 Å². The van der Waals surface area contributed by atoms with E-state index in [1.54, 1.807) is 0 Å². The summed E-state index contributed by atoms with van der Waals surface area (Å²) in [7, 11) is -0.609. The van der Waals surface area contributed by atoms with Crippen molar-refractivity contribution in [2.75, 3.05) is 19.4 Å². The van der Waals surface area contributed by atoms with Crippen LogP contribution in [0.2, 0.25) is 0 Å². The number of nitrogens with one attached hydrogen (secondary N) is 2. The van der Waals surface area contributed by atoms with E-state index in [1.165, 1.54) is 57.5 Å². The van der Waals surface area contributed by atoms with Crippen LogP contribution in [-0.4, -0.2) is 43.5 Å². The first-order valence-corrected chi connectivity index (χ1v) is 8.19. The highest BCUT2D eigenvalue weighted by molar-refractivity contribution is 7.89. The van der Waals surface area contributed by atoms with Crippen LogP contribution < -0.4 is 5.32 Å². The lowest BCUT2D eigenvalue weighted by Crippen LogP contribution is -2.22. The number of carbonyl (C=O) groups is 2. The summed E-state index contributed by atoms with van der Waals surface area (Å²) >= 11 is 0. The summed E-state index contributed by atoms with van der Waals surface area (Å²) in [5.74, 6) is -0.556. The third kappa shape index (κ3) is 3.66. The molecule has 1 amide bonds. The number of hydrogen-bond donors (Lipinski definition) is 2. The standard InChI is InChI=1S/C15H17N3O4S/c1-10(19)11-8-14(16-9-11)15(20)17-12-4-6-13(7-5-12)23(21,22)18(2)3/h4-9,16H,1-3H3,(H,17,20). The largest absolute Gasteiger partial charge is 0.356 e. The number of ketones is 1. The maximum absolute atomic E-state index is 12.1. The van der Waals surface area contributed by atoms with E-state index in [0.717, 1.165) is 4.31 Å². The summed E-state index contributed by atoms with van der Waals surface area (Å²) in [5, 5.41) is 2.63. The van der Waals surface area contributed by atoms with E-state index in [2.05, 4.69) is 10.3 Å². The fourth-order valence-electron chi connectivity index (χ4n) is 1.85. The third-order valence-corrected chi connectivity index (χ3v) is 5.05. The average Bonchev–Trinajstić information content (AvgIpc) is 2.97. The Bertz CT molecular complexity index is 836. The zero-order valence-electron chi connectivity index (χ0n) is 13.0. The summed E-state index contributed by atoms with van der Waals surface area (Å²) < 4.78 is 25.0. The molecule has 1 aromatic carbocycles. The van der Waals surface area contributed by atoms with Gasteiger partial charge in [0.2, 0.25) is 10.0 Å². The number of nitrogens with zero attached hydrogens (tertiary/aromatic N) is 1. The topological polar surface area (TPSA) is 99.3 Å². The van der Waals surface area contributed by atoms with E-state index in [1.807, 2.05) is 0 Å². The summed E-state index contributed by atoms with van der Waals surface area (Å²) in [5.41, 5.74) is 1.12. The van der Waals surface area contributed by atoms with E-state index in [9.17, 15) is 18.0 Å². The molecule has 0 fully saturated rings. The second kappa shape index (κ2) is 6.35. The molecule has 7 nitrogen and oxygen atoms in total. The number of H-pyrrole nitrogens is 1. The molecule has 0 radical (unpaired) electrons. The average molecular weight is 335 g/mol. The van der Waals surface area contributed by atoms with Crippen molar-refractivity contribution in [2.24, 2.45) is 0 Å². The first kappa shape index (κ1) is 16.9. The molecule has 2 aromatic rings. The number of rotatable bonds is 5. The van der Waals surface area contributed by atoms with E-state index in [4.69, 9.17) is 0 Å². The Kier molecular flexibility index (Phi) is 4.67. The van der Waals surface area contributed by atoms with Gasteiger partial charge in [-0.15, -0.1) is 0 Å². The van der Waals surface area contributed by atoms with Gasteiger partial charge in [0.05, 0.1) is 4.90 Å². The molecule has 0 atom stereocenters. The molecule has 2 rings (SSSR count). The first-order valence-electron chi connectivity index (χ1n) is 6.75. The van der Waals surface area contributed by atoms with Crippen LogP contribution in [0.15, 0.2) is 41.4 Å². The Hall–Kier alpha value is -2.45. The molecule has 1 aromatic heterocycles. The van der Waals surface area contributed by atoms with Gasteiger partial charge in [-0.3, -0.25) is 9.59 Å². The molecule has 23 heavy (non-hydrogen) atoms. The van der Waals surface area contributed by atoms with Crippen molar-refractivity contribution >= 4 is 27.4 Å². The molecule has 0 saturated heterocycles. The number of hydrogen-bond acceptors (Lipinski definition) is 4. The zero-order chi connectivity index (χ0) is 17.2. The van der Waals surface area contributed by atoms with Gasteiger partial charge >= 0.3 is 0 Å². The number of aromatic amines is 1. The van der Waals surface area contributed by atoms with Crippen molar-refractivity contribution in [3.8, 4) is 0 Å². The molecular weight excluding hydrogens is 318 g/mol. The highest BCUT2D eigenvalue weighted by Gasteiger charge is 2.17. The Balaban J connectivity index is 2.14. The minimum atomic E-state index is -3.50. The van der Waals surface area contributed by atoms with Crippen molar-refractivity contribution in [1.29, 1.82) is 0 Å². The van der Waals surface area contributed by atoms with E-state index < -0.39 is 15.9 Å². The number of sulfonamides is 1. The predicted molar refractivity (Wildman–Crippen MR) is 86.1 cm³/mol. The smallest absolute Gasteiger partial charge is 0.272 e. The molecule has 0 bridgehead atoms. The van der Waals surface area contributed by atoms with Gasteiger partial charge in [0, 0.05) is 31.5 Å².